The van der Waals surface area contributed by atoms with Crippen molar-refractivity contribution in [2.75, 3.05) is 0 Å². The van der Waals surface area contributed by atoms with E-state index in [-0.39, 0.29) is 12.1 Å². The molecular formula is C28H28F3NO3. The number of benzene rings is 3. The van der Waals surface area contributed by atoms with E-state index >= 15 is 0 Å². The van der Waals surface area contributed by atoms with Crippen molar-refractivity contribution < 1.29 is 27.4 Å². The van der Waals surface area contributed by atoms with Gasteiger partial charge in [-0.15, -0.1) is 0 Å². The SMILES string of the molecule is CC(C)(C)OC(=O)NC1c2ccccc2CC1OCc1ccc(-c2cccc(C(F)(F)F)c2)cc1. The second-order valence-corrected chi connectivity index (χ2v) is 9.65. The Bertz CT molecular complexity index is 1180. The lowest BCUT2D eigenvalue weighted by Gasteiger charge is -2.25. The van der Waals surface area contributed by atoms with Crippen LogP contribution in [0.4, 0.5) is 18.0 Å². The molecule has 1 aliphatic carbocycles. The maximum atomic E-state index is 13.0. The van der Waals surface area contributed by atoms with Crippen LogP contribution in [0.3, 0.4) is 0 Å². The summed E-state index contributed by atoms with van der Waals surface area (Å²) in [6.07, 6.45) is -4.51. The molecule has 1 aliphatic rings. The number of alkyl halides is 3. The topological polar surface area (TPSA) is 47.6 Å². The van der Waals surface area contributed by atoms with Crippen molar-refractivity contribution in [3.8, 4) is 11.1 Å². The van der Waals surface area contributed by atoms with Crippen molar-refractivity contribution in [1.82, 2.24) is 5.32 Å². The van der Waals surface area contributed by atoms with Gasteiger partial charge in [0.15, 0.2) is 0 Å². The highest BCUT2D eigenvalue weighted by molar-refractivity contribution is 5.69. The highest BCUT2D eigenvalue weighted by atomic mass is 19.4. The number of carbonyl (C=O) groups is 1. The van der Waals surface area contributed by atoms with Crippen LogP contribution in [-0.4, -0.2) is 17.8 Å². The van der Waals surface area contributed by atoms with Gasteiger partial charge in [-0.25, -0.2) is 4.79 Å². The largest absolute Gasteiger partial charge is 0.444 e. The molecule has 1 N–H and O–H groups in total. The van der Waals surface area contributed by atoms with E-state index in [4.69, 9.17) is 9.47 Å². The molecular weight excluding hydrogens is 455 g/mol. The molecule has 0 radical (unpaired) electrons. The fourth-order valence-electron chi connectivity index (χ4n) is 4.19. The molecule has 35 heavy (non-hydrogen) atoms. The molecule has 0 aromatic heterocycles. The number of hydrogen-bond donors (Lipinski definition) is 1. The van der Waals surface area contributed by atoms with E-state index in [1.165, 1.54) is 6.07 Å². The summed E-state index contributed by atoms with van der Waals surface area (Å²) in [5.74, 6) is 0. The Morgan fingerprint density at radius 3 is 2.34 bits per heavy atom. The fraction of sp³-hybridized carbons (Fsp3) is 0.321. The maximum absolute atomic E-state index is 13.0. The van der Waals surface area contributed by atoms with Gasteiger partial charge >= 0.3 is 12.3 Å². The first-order valence-corrected chi connectivity index (χ1v) is 11.4. The van der Waals surface area contributed by atoms with Crippen LogP contribution in [0.25, 0.3) is 11.1 Å². The van der Waals surface area contributed by atoms with E-state index < -0.39 is 23.4 Å². The Morgan fingerprint density at radius 1 is 0.943 bits per heavy atom. The van der Waals surface area contributed by atoms with Crippen LogP contribution in [-0.2, 0) is 28.7 Å². The van der Waals surface area contributed by atoms with Gasteiger partial charge in [-0.3, -0.25) is 0 Å². The average Bonchev–Trinajstić information content (AvgIpc) is 3.13. The number of nitrogens with one attached hydrogen (secondary N) is 1. The Morgan fingerprint density at radius 2 is 1.66 bits per heavy atom. The third kappa shape index (κ3) is 6.22. The first-order valence-electron chi connectivity index (χ1n) is 11.4. The minimum Gasteiger partial charge on any atom is -0.444 e. The van der Waals surface area contributed by atoms with Crippen LogP contribution in [0, 0.1) is 0 Å². The van der Waals surface area contributed by atoms with E-state index in [0.29, 0.717) is 24.2 Å². The second-order valence-electron chi connectivity index (χ2n) is 9.65. The number of fused-ring (bicyclic) bond motifs is 1. The molecule has 0 heterocycles. The van der Waals surface area contributed by atoms with Crippen LogP contribution in [0.1, 0.15) is 49.1 Å². The third-order valence-electron chi connectivity index (χ3n) is 5.80. The van der Waals surface area contributed by atoms with Crippen LogP contribution >= 0.6 is 0 Å². The molecule has 2 atom stereocenters. The Kier molecular flexibility index (Phi) is 6.90. The summed E-state index contributed by atoms with van der Waals surface area (Å²) in [4.78, 5) is 12.4. The monoisotopic (exact) mass is 483 g/mol. The first kappa shape index (κ1) is 24.8. The van der Waals surface area contributed by atoms with Gasteiger partial charge in [-0.2, -0.15) is 13.2 Å². The van der Waals surface area contributed by atoms with Crippen molar-refractivity contribution in [2.24, 2.45) is 0 Å². The summed E-state index contributed by atoms with van der Waals surface area (Å²) in [5, 5.41) is 2.95. The zero-order chi connectivity index (χ0) is 25.2. The van der Waals surface area contributed by atoms with Crippen molar-refractivity contribution in [1.29, 1.82) is 0 Å². The predicted octanol–water partition coefficient (Wildman–Crippen LogP) is 7.08. The molecule has 0 saturated heterocycles. The second kappa shape index (κ2) is 9.74. The molecule has 3 aromatic carbocycles. The normalized spacial score (nSPS) is 17.7. The van der Waals surface area contributed by atoms with Gasteiger partial charge in [-0.05, 0) is 60.7 Å². The molecule has 0 fully saturated rings. The van der Waals surface area contributed by atoms with Gasteiger partial charge in [0.25, 0.3) is 0 Å². The standard InChI is InChI=1S/C28H28F3NO3/c1-27(2,3)35-26(33)32-25-23-10-5-4-7-21(23)16-24(25)34-17-18-11-13-19(14-12-18)20-8-6-9-22(15-20)28(29,30)31/h4-15,24-25H,16-17H2,1-3H3,(H,32,33). The van der Waals surface area contributed by atoms with Gasteiger partial charge in [0.2, 0.25) is 0 Å². The molecule has 4 rings (SSSR count). The zero-order valence-corrected chi connectivity index (χ0v) is 19.9. The van der Waals surface area contributed by atoms with Gasteiger partial charge in [-0.1, -0.05) is 60.7 Å². The molecule has 0 spiro atoms. The van der Waals surface area contributed by atoms with Crippen LogP contribution in [0.2, 0.25) is 0 Å². The van der Waals surface area contributed by atoms with Gasteiger partial charge in [0, 0.05) is 6.42 Å². The van der Waals surface area contributed by atoms with E-state index in [2.05, 4.69) is 5.32 Å². The number of amides is 1. The highest BCUT2D eigenvalue weighted by Crippen LogP contribution is 2.35. The third-order valence-corrected chi connectivity index (χ3v) is 5.80. The number of carbonyl (C=O) groups excluding carboxylic acids is 1. The molecule has 3 aromatic rings. The summed E-state index contributed by atoms with van der Waals surface area (Å²) in [7, 11) is 0. The van der Waals surface area contributed by atoms with E-state index in [9.17, 15) is 18.0 Å². The Balaban J connectivity index is 1.44. The van der Waals surface area contributed by atoms with Gasteiger partial charge < -0.3 is 14.8 Å². The molecule has 1 amide bonds. The highest BCUT2D eigenvalue weighted by Gasteiger charge is 2.35. The minimum absolute atomic E-state index is 0.275. The van der Waals surface area contributed by atoms with E-state index in [1.807, 2.05) is 57.2 Å². The number of alkyl carbamates (subject to hydrolysis) is 1. The summed E-state index contributed by atoms with van der Waals surface area (Å²) in [5.41, 5.74) is 2.90. The quantitative estimate of drug-likeness (QED) is 0.422. The Hall–Kier alpha value is -3.32. The molecule has 7 heteroatoms. The number of halogens is 3. The zero-order valence-electron chi connectivity index (χ0n) is 19.9. The predicted molar refractivity (Wildman–Crippen MR) is 128 cm³/mol. The summed E-state index contributed by atoms with van der Waals surface area (Å²) >= 11 is 0. The van der Waals surface area contributed by atoms with Crippen molar-refractivity contribution in [3.05, 3.63) is 95.1 Å². The molecule has 0 aliphatic heterocycles. The smallest absolute Gasteiger partial charge is 0.416 e. The van der Waals surface area contributed by atoms with Gasteiger partial charge in [0.05, 0.1) is 24.3 Å². The Labute approximate surface area is 203 Å². The van der Waals surface area contributed by atoms with Crippen molar-refractivity contribution in [2.45, 2.75) is 57.7 Å². The van der Waals surface area contributed by atoms with Crippen molar-refractivity contribution in [3.63, 3.8) is 0 Å². The fourth-order valence-corrected chi connectivity index (χ4v) is 4.19. The lowest BCUT2D eigenvalue weighted by molar-refractivity contribution is -0.137. The summed E-state index contributed by atoms with van der Waals surface area (Å²) < 4.78 is 50.7. The lowest BCUT2D eigenvalue weighted by atomic mass is 10.0. The first-order chi connectivity index (χ1) is 16.5. The van der Waals surface area contributed by atoms with Crippen LogP contribution in [0.5, 0.6) is 0 Å². The van der Waals surface area contributed by atoms with E-state index in [1.54, 1.807) is 18.2 Å². The average molecular weight is 484 g/mol. The minimum atomic E-state index is -4.38. The lowest BCUT2D eigenvalue weighted by Crippen LogP contribution is -2.39. The number of hydrogen-bond acceptors (Lipinski definition) is 3. The van der Waals surface area contributed by atoms with E-state index in [0.717, 1.165) is 28.8 Å². The maximum Gasteiger partial charge on any atom is 0.416 e. The summed E-state index contributed by atoms with van der Waals surface area (Å²) in [6.45, 7) is 5.73. The van der Waals surface area contributed by atoms with Gasteiger partial charge in [0.1, 0.15) is 5.60 Å². The molecule has 4 nitrogen and oxygen atoms in total. The molecule has 0 saturated carbocycles. The van der Waals surface area contributed by atoms with Crippen LogP contribution in [0.15, 0.2) is 72.8 Å². The van der Waals surface area contributed by atoms with Crippen LogP contribution < -0.4 is 5.32 Å². The number of ether oxygens (including phenoxy) is 2. The molecule has 2 unspecified atom stereocenters. The number of rotatable bonds is 5. The molecule has 0 bridgehead atoms. The molecule has 184 valence electrons. The van der Waals surface area contributed by atoms with Crippen molar-refractivity contribution >= 4 is 6.09 Å². The summed E-state index contributed by atoms with van der Waals surface area (Å²) in [6, 6.07) is 20.1.